The first-order valence-electron chi connectivity index (χ1n) is 10.5. The number of rotatable bonds is 6. The zero-order valence-corrected chi connectivity index (χ0v) is 19.3. The summed E-state index contributed by atoms with van der Waals surface area (Å²) < 4.78 is 5.81. The van der Waals surface area contributed by atoms with Crippen molar-refractivity contribution >= 4 is 22.4 Å². The molecule has 5 heteroatoms. The fraction of sp³-hybridized carbons (Fsp3) is 0.185. The molecule has 0 saturated carbocycles. The second-order valence-electron chi connectivity index (χ2n) is 8.56. The van der Waals surface area contributed by atoms with Crippen LogP contribution in [0.25, 0.3) is 22.4 Å². The number of carbonyl (C=O) groups is 1. The zero-order valence-electron chi connectivity index (χ0n) is 18.5. The summed E-state index contributed by atoms with van der Waals surface area (Å²) in [6.07, 6.45) is 0. The van der Waals surface area contributed by atoms with Crippen LogP contribution in [0.2, 0.25) is 0 Å². The van der Waals surface area contributed by atoms with Crippen LogP contribution in [0.5, 0.6) is 5.75 Å². The van der Waals surface area contributed by atoms with Crippen LogP contribution in [0, 0.1) is 0 Å². The van der Waals surface area contributed by atoms with E-state index in [2.05, 4.69) is 67.5 Å². The van der Waals surface area contributed by atoms with Crippen molar-refractivity contribution in [2.24, 2.45) is 0 Å². The number of para-hydroxylation sites is 1. The van der Waals surface area contributed by atoms with Crippen molar-refractivity contribution in [1.29, 1.82) is 0 Å². The molecule has 0 fully saturated rings. The molecular formula is C27H26N2O2S. The number of aromatic nitrogens is 1. The Bertz CT molecular complexity index is 1190. The first kappa shape index (κ1) is 21.8. The summed E-state index contributed by atoms with van der Waals surface area (Å²) in [7, 11) is 0. The number of nitrogens with zero attached hydrogens (tertiary/aromatic N) is 1. The minimum atomic E-state index is -0.228. The molecule has 32 heavy (non-hydrogen) atoms. The Morgan fingerprint density at radius 1 is 0.875 bits per heavy atom. The van der Waals surface area contributed by atoms with E-state index in [1.165, 1.54) is 16.9 Å². The highest BCUT2D eigenvalue weighted by atomic mass is 32.1. The smallest absolute Gasteiger partial charge is 0.264 e. The molecule has 1 aromatic heterocycles. The van der Waals surface area contributed by atoms with Gasteiger partial charge in [-0.2, -0.15) is 0 Å². The number of hydrogen-bond acceptors (Lipinski definition) is 4. The maximum absolute atomic E-state index is 12.4. The Balaban J connectivity index is 1.38. The number of ether oxygens (including phenoxy) is 1. The topological polar surface area (TPSA) is 51.2 Å². The molecule has 0 unspecified atom stereocenters. The molecule has 0 aliphatic carbocycles. The zero-order chi connectivity index (χ0) is 22.6. The summed E-state index contributed by atoms with van der Waals surface area (Å²) in [5, 5.41) is 5.35. The number of anilines is 1. The lowest BCUT2D eigenvalue weighted by Gasteiger charge is -2.22. The van der Waals surface area contributed by atoms with Gasteiger partial charge in [-0.1, -0.05) is 93.6 Å². The first-order chi connectivity index (χ1) is 15.4. The van der Waals surface area contributed by atoms with Gasteiger partial charge in [0.15, 0.2) is 11.7 Å². The van der Waals surface area contributed by atoms with Crippen LogP contribution in [0.1, 0.15) is 26.3 Å². The molecule has 4 rings (SSSR count). The lowest BCUT2D eigenvalue weighted by atomic mass is 9.86. The van der Waals surface area contributed by atoms with Crippen molar-refractivity contribution in [3.8, 4) is 28.1 Å². The van der Waals surface area contributed by atoms with E-state index in [-0.39, 0.29) is 17.9 Å². The molecule has 0 atom stereocenters. The summed E-state index contributed by atoms with van der Waals surface area (Å²) >= 11 is 1.40. The molecule has 4 nitrogen and oxygen atoms in total. The molecule has 0 aliphatic heterocycles. The number of hydrogen-bond donors (Lipinski definition) is 1. The van der Waals surface area contributed by atoms with Gasteiger partial charge < -0.3 is 4.74 Å². The van der Waals surface area contributed by atoms with Crippen molar-refractivity contribution < 1.29 is 9.53 Å². The molecule has 0 saturated heterocycles. The summed E-state index contributed by atoms with van der Waals surface area (Å²) in [6, 6.07) is 26.4. The first-order valence-corrected chi connectivity index (χ1v) is 11.4. The molecule has 1 N–H and O–H groups in total. The van der Waals surface area contributed by atoms with Gasteiger partial charge in [0.1, 0.15) is 5.75 Å². The second-order valence-corrected chi connectivity index (χ2v) is 9.42. The van der Waals surface area contributed by atoms with Gasteiger partial charge in [-0.05, 0) is 28.2 Å². The van der Waals surface area contributed by atoms with E-state index in [1.807, 2.05) is 47.8 Å². The summed E-state index contributed by atoms with van der Waals surface area (Å²) in [4.78, 5) is 17.0. The minimum absolute atomic E-state index is 0.0617. The van der Waals surface area contributed by atoms with E-state index in [0.717, 1.165) is 28.1 Å². The van der Waals surface area contributed by atoms with Gasteiger partial charge in [-0.15, -0.1) is 11.3 Å². The Labute approximate surface area is 192 Å². The van der Waals surface area contributed by atoms with Crippen LogP contribution >= 0.6 is 11.3 Å². The Hall–Kier alpha value is -3.44. The van der Waals surface area contributed by atoms with E-state index < -0.39 is 0 Å². The molecule has 0 radical (unpaired) electrons. The van der Waals surface area contributed by atoms with Gasteiger partial charge >= 0.3 is 0 Å². The van der Waals surface area contributed by atoms with Gasteiger partial charge in [0.25, 0.3) is 5.91 Å². The number of nitrogens with one attached hydrogen (secondary N) is 1. The highest BCUT2D eigenvalue weighted by molar-refractivity contribution is 7.14. The van der Waals surface area contributed by atoms with E-state index in [4.69, 9.17) is 4.74 Å². The summed E-state index contributed by atoms with van der Waals surface area (Å²) in [5.74, 6) is 0.502. The molecule has 3 aromatic carbocycles. The third-order valence-electron chi connectivity index (χ3n) is 5.09. The lowest BCUT2D eigenvalue weighted by Crippen LogP contribution is -2.21. The van der Waals surface area contributed by atoms with E-state index in [0.29, 0.717) is 5.13 Å². The molecule has 4 aromatic rings. The third-order valence-corrected chi connectivity index (χ3v) is 5.85. The van der Waals surface area contributed by atoms with Crippen molar-refractivity contribution in [1.82, 2.24) is 4.98 Å². The Morgan fingerprint density at radius 3 is 2.22 bits per heavy atom. The molecule has 0 bridgehead atoms. The molecule has 0 aliphatic rings. The average molecular weight is 443 g/mol. The van der Waals surface area contributed by atoms with Crippen LogP contribution in [0.15, 0.2) is 84.2 Å². The Kier molecular flexibility index (Phi) is 6.37. The number of amides is 1. The van der Waals surface area contributed by atoms with Gasteiger partial charge in [0.2, 0.25) is 0 Å². The predicted octanol–water partition coefficient (Wildman–Crippen LogP) is 6.79. The van der Waals surface area contributed by atoms with Crippen molar-refractivity contribution in [3.63, 3.8) is 0 Å². The fourth-order valence-corrected chi connectivity index (χ4v) is 4.17. The van der Waals surface area contributed by atoms with Gasteiger partial charge in [0, 0.05) is 10.9 Å². The molecule has 162 valence electrons. The quantitative estimate of drug-likeness (QED) is 0.358. The standard InChI is InChI=1S/C27H26N2O2S/c1-27(2,3)22-11-7-8-12-24(22)31-17-25(30)29-26-28-23(18-32-26)21-15-13-20(14-16-21)19-9-5-4-6-10-19/h4-16,18H,17H2,1-3H3,(H,28,29,30). The van der Waals surface area contributed by atoms with Crippen LogP contribution in [0.4, 0.5) is 5.13 Å². The van der Waals surface area contributed by atoms with E-state index in [9.17, 15) is 4.79 Å². The average Bonchev–Trinajstić information content (AvgIpc) is 3.26. The number of thiazole rings is 1. The van der Waals surface area contributed by atoms with Crippen molar-refractivity contribution in [2.75, 3.05) is 11.9 Å². The van der Waals surface area contributed by atoms with Gasteiger partial charge in [-0.25, -0.2) is 4.98 Å². The van der Waals surface area contributed by atoms with Crippen molar-refractivity contribution in [2.45, 2.75) is 26.2 Å². The fourth-order valence-electron chi connectivity index (χ4n) is 3.44. The Morgan fingerprint density at radius 2 is 1.50 bits per heavy atom. The van der Waals surface area contributed by atoms with Gasteiger partial charge in [-0.3, -0.25) is 10.1 Å². The number of carbonyl (C=O) groups excluding carboxylic acids is 1. The molecular weight excluding hydrogens is 416 g/mol. The highest BCUT2D eigenvalue weighted by Gasteiger charge is 2.19. The third kappa shape index (κ3) is 5.24. The van der Waals surface area contributed by atoms with Crippen LogP contribution in [0.3, 0.4) is 0 Å². The largest absolute Gasteiger partial charge is 0.483 e. The highest BCUT2D eigenvalue weighted by Crippen LogP contribution is 2.31. The molecule has 1 amide bonds. The monoisotopic (exact) mass is 442 g/mol. The lowest BCUT2D eigenvalue weighted by molar-refractivity contribution is -0.118. The van der Waals surface area contributed by atoms with Gasteiger partial charge in [0.05, 0.1) is 5.69 Å². The summed E-state index contributed by atoms with van der Waals surface area (Å²) in [6.45, 7) is 6.31. The minimum Gasteiger partial charge on any atom is -0.483 e. The maximum atomic E-state index is 12.4. The van der Waals surface area contributed by atoms with Crippen LogP contribution in [-0.2, 0) is 10.2 Å². The predicted molar refractivity (Wildman–Crippen MR) is 132 cm³/mol. The maximum Gasteiger partial charge on any atom is 0.264 e. The SMILES string of the molecule is CC(C)(C)c1ccccc1OCC(=O)Nc1nc(-c2ccc(-c3ccccc3)cc2)cs1. The summed E-state index contributed by atoms with van der Waals surface area (Å²) in [5.41, 5.74) is 5.20. The van der Waals surface area contributed by atoms with Crippen LogP contribution in [-0.4, -0.2) is 17.5 Å². The van der Waals surface area contributed by atoms with Crippen molar-refractivity contribution in [3.05, 3.63) is 89.8 Å². The molecule has 0 spiro atoms. The number of benzene rings is 3. The van der Waals surface area contributed by atoms with Crippen LogP contribution < -0.4 is 10.1 Å². The second kappa shape index (κ2) is 9.37. The molecule has 1 heterocycles. The normalized spacial score (nSPS) is 11.2. The van der Waals surface area contributed by atoms with E-state index >= 15 is 0 Å². The van der Waals surface area contributed by atoms with E-state index in [1.54, 1.807) is 0 Å².